The molecular formula is C16H28ClF3N2O. The molecule has 1 aliphatic heterocycles. The summed E-state index contributed by atoms with van der Waals surface area (Å²) in [7, 11) is 0. The zero-order chi connectivity index (χ0) is 16.2. The molecule has 2 rings (SSSR count). The first-order valence-electron chi connectivity index (χ1n) is 8.43. The average molecular weight is 357 g/mol. The highest BCUT2D eigenvalue weighted by Crippen LogP contribution is 2.37. The third kappa shape index (κ3) is 6.49. The molecule has 2 fully saturated rings. The number of halogens is 4. The van der Waals surface area contributed by atoms with Crippen molar-refractivity contribution < 1.29 is 18.0 Å². The molecule has 0 spiro atoms. The number of carbonyl (C=O) groups is 1. The summed E-state index contributed by atoms with van der Waals surface area (Å²) >= 11 is 0. The smallest absolute Gasteiger partial charge is 0.353 e. The molecule has 0 aromatic carbocycles. The zero-order valence-electron chi connectivity index (χ0n) is 13.6. The number of alkyl halides is 3. The molecule has 1 heterocycles. The van der Waals surface area contributed by atoms with Crippen LogP contribution in [-0.2, 0) is 4.79 Å². The fourth-order valence-electron chi connectivity index (χ4n) is 3.73. The summed E-state index contributed by atoms with van der Waals surface area (Å²) in [6.45, 7) is 4.04. The first kappa shape index (κ1) is 20.6. The number of hydrogen-bond acceptors (Lipinski definition) is 2. The third-order valence-corrected chi connectivity index (χ3v) is 5.15. The van der Waals surface area contributed by atoms with Gasteiger partial charge in [-0.1, -0.05) is 13.3 Å². The van der Waals surface area contributed by atoms with Crippen molar-refractivity contribution in [2.75, 3.05) is 13.1 Å². The van der Waals surface area contributed by atoms with Crippen molar-refractivity contribution in [2.45, 2.75) is 64.1 Å². The van der Waals surface area contributed by atoms with Gasteiger partial charge in [0.25, 0.3) is 0 Å². The van der Waals surface area contributed by atoms with Crippen LogP contribution in [0.4, 0.5) is 13.2 Å². The lowest BCUT2D eigenvalue weighted by Crippen LogP contribution is -2.42. The van der Waals surface area contributed by atoms with E-state index in [1.54, 1.807) is 0 Å². The Morgan fingerprint density at radius 2 is 2.00 bits per heavy atom. The van der Waals surface area contributed by atoms with Crippen LogP contribution in [0.1, 0.15) is 51.9 Å². The summed E-state index contributed by atoms with van der Waals surface area (Å²) in [4.78, 5) is 12.1. The molecule has 1 saturated heterocycles. The average Bonchev–Trinajstić information content (AvgIpc) is 2.47. The van der Waals surface area contributed by atoms with Crippen molar-refractivity contribution in [3.63, 3.8) is 0 Å². The molecule has 0 radical (unpaired) electrons. The van der Waals surface area contributed by atoms with Crippen molar-refractivity contribution in [2.24, 2.45) is 17.8 Å². The summed E-state index contributed by atoms with van der Waals surface area (Å²) in [5.74, 6) is -0.582. The van der Waals surface area contributed by atoms with Gasteiger partial charge >= 0.3 is 6.18 Å². The lowest BCUT2D eigenvalue weighted by Gasteiger charge is -2.32. The van der Waals surface area contributed by atoms with Gasteiger partial charge in [0.2, 0.25) is 5.91 Å². The van der Waals surface area contributed by atoms with Crippen LogP contribution in [0.25, 0.3) is 0 Å². The van der Waals surface area contributed by atoms with Gasteiger partial charge in [0.1, 0.15) is 0 Å². The Morgan fingerprint density at radius 3 is 2.61 bits per heavy atom. The van der Waals surface area contributed by atoms with Crippen molar-refractivity contribution in [1.82, 2.24) is 10.6 Å². The molecule has 1 aliphatic carbocycles. The standard InChI is InChI=1S/C16H27F3N2O.ClH/c1-11(12-4-3-7-20-10-12)8-15(22)21-14-6-2-5-13(9-14)16(17,18)19;/h11-14,20H,2-10H2,1H3,(H,21,22);1H. The summed E-state index contributed by atoms with van der Waals surface area (Å²) in [5.41, 5.74) is 0. The van der Waals surface area contributed by atoms with Crippen molar-refractivity contribution in [3.05, 3.63) is 0 Å². The van der Waals surface area contributed by atoms with Gasteiger partial charge in [-0.15, -0.1) is 12.4 Å². The molecular weight excluding hydrogens is 329 g/mol. The van der Waals surface area contributed by atoms with Gasteiger partial charge in [-0.05, 0) is 57.0 Å². The molecule has 3 nitrogen and oxygen atoms in total. The van der Waals surface area contributed by atoms with Crippen LogP contribution in [0, 0.1) is 17.8 Å². The molecule has 1 saturated carbocycles. The van der Waals surface area contributed by atoms with Gasteiger partial charge in [0.05, 0.1) is 5.92 Å². The van der Waals surface area contributed by atoms with Gasteiger partial charge in [-0.2, -0.15) is 13.2 Å². The summed E-state index contributed by atoms with van der Waals surface area (Å²) in [6.07, 6.45) is -0.0267. The second-order valence-corrected chi connectivity index (χ2v) is 6.96. The van der Waals surface area contributed by atoms with E-state index in [0.717, 1.165) is 25.9 Å². The van der Waals surface area contributed by atoms with Gasteiger partial charge in [0, 0.05) is 12.5 Å². The fraction of sp³-hybridized carbons (Fsp3) is 0.938. The van der Waals surface area contributed by atoms with Crippen LogP contribution >= 0.6 is 12.4 Å². The molecule has 0 aromatic rings. The van der Waals surface area contributed by atoms with Gasteiger partial charge < -0.3 is 10.6 Å². The molecule has 1 amide bonds. The second-order valence-electron chi connectivity index (χ2n) is 6.96. The molecule has 4 atom stereocenters. The van der Waals surface area contributed by atoms with E-state index >= 15 is 0 Å². The van der Waals surface area contributed by atoms with Crippen LogP contribution in [0.3, 0.4) is 0 Å². The number of nitrogens with one attached hydrogen (secondary N) is 2. The number of hydrogen-bond donors (Lipinski definition) is 2. The van der Waals surface area contributed by atoms with Crippen LogP contribution in [0.2, 0.25) is 0 Å². The van der Waals surface area contributed by atoms with E-state index in [2.05, 4.69) is 17.6 Å². The Kier molecular flexibility index (Phi) is 8.14. The minimum absolute atomic E-state index is 0. The van der Waals surface area contributed by atoms with Gasteiger partial charge in [-0.25, -0.2) is 0 Å². The van der Waals surface area contributed by atoms with Gasteiger partial charge in [-0.3, -0.25) is 4.79 Å². The normalized spacial score (nSPS) is 30.2. The molecule has 2 aliphatic rings. The summed E-state index contributed by atoms with van der Waals surface area (Å²) in [6, 6.07) is -0.315. The first-order chi connectivity index (χ1) is 10.4. The van der Waals surface area contributed by atoms with Crippen molar-refractivity contribution in [3.8, 4) is 0 Å². The maximum Gasteiger partial charge on any atom is 0.391 e. The predicted octanol–water partition coefficient (Wildman–Crippen LogP) is 3.67. The van der Waals surface area contributed by atoms with Crippen LogP contribution in [-0.4, -0.2) is 31.2 Å². The number of rotatable bonds is 4. The Morgan fingerprint density at radius 1 is 1.26 bits per heavy atom. The quantitative estimate of drug-likeness (QED) is 0.807. The summed E-state index contributed by atoms with van der Waals surface area (Å²) < 4.78 is 38.4. The molecule has 136 valence electrons. The van der Waals surface area contributed by atoms with E-state index in [-0.39, 0.29) is 43.1 Å². The molecule has 4 unspecified atom stereocenters. The van der Waals surface area contributed by atoms with E-state index in [9.17, 15) is 18.0 Å². The highest BCUT2D eigenvalue weighted by atomic mass is 35.5. The highest BCUT2D eigenvalue weighted by Gasteiger charge is 2.42. The largest absolute Gasteiger partial charge is 0.391 e. The van der Waals surface area contributed by atoms with E-state index < -0.39 is 12.1 Å². The van der Waals surface area contributed by atoms with Crippen molar-refractivity contribution >= 4 is 18.3 Å². The molecule has 7 heteroatoms. The predicted molar refractivity (Wildman–Crippen MR) is 86.6 cm³/mol. The van der Waals surface area contributed by atoms with E-state index in [4.69, 9.17) is 0 Å². The summed E-state index contributed by atoms with van der Waals surface area (Å²) in [5, 5.41) is 6.17. The Hall–Kier alpha value is -0.490. The molecule has 0 aromatic heterocycles. The maximum atomic E-state index is 12.8. The highest BCUT2D eigenvalue weighted by molar-refractivity contribution is 5.85. The topological polar surface area (TPSA) is 41.1 Å². The monoisotopic (exact) mass is 356 g/mol. The maximum absolute atomic E-state index is 12.8. The van der Waals surface area contributed by atoms with Crippen LogP contribution < -0.4 is 10.6 Å². The first-order valence-corrected chi connectivity index (χ1v) is 8.43. The minimum Gasteiger partial charge on any atom is -0.353 e. The number of amides is 1. The third-order valence-electron chi connectivity index (χ3n) is 5.15. The molecule has 0 bridgehead atoms. The van der Waals surface area contributed by atoms with E-state index in [0.29, 0.717) is 25.2 Å². The molecule has 23 heavy (non-hydrogen) atoms. The van der Waals surface area contributed by atoms with Crippen LogP contribution in [0.15, 0.2) is 0 Å². The second kappa shape index (κ2) is 9.11. The number of carbonyl (C=O) groups excluding carboxylic acids is 1. The lowest BCUT2D eigenvalue weighted by atomic mass is 9.84. The Bertz CT molecular complexity index is 373. The Balaban J connectivity index is 0.00000264. The SMILES string of the molecule is CC(CC(=O)NC1CCCC(C(F)(F)F)C1)C1CCCNC1.Cl. The number of piperidine rings is 1. The fourth-order valence-corrected chi connectivity index (χ4v) is 3.73. The van der Waals surface area contributed by atoms with Crippen molar-refractivity contribution in [1.29, 1.82) is 0 Å². The van der Waals surface area contributed by atoms with E-state index in [1.807, 2.05) is 0 Å². The van der Waals surface area contributed by atoms with E-state index in [1.165, 1.54) is 0 Å². The van der Waals surface area contributed by atoms with Gasteiger partial charge in [0.15, 0.2) is 0 Å². The lowest BCUT2D eigenvalue weighted by molar-refractivity contribution is -0.184. The zero-order valence-corrected chi connectivity index (χ0v) is 14.4. The Labute approximate surface area is 142 Å². The minimum atomic E-state index is -4.13. The molecule has 2 N–H and O–H groups in total. The van der Waals surface area contributed by atoms with Crippen LogP contribution in [0.5, 0.6) is 0 Å².